The largest absolute Gasteiger partial charge is 0.344 e. The van der Waals surface area contributed by atoms with Crippen LogP contribution in [0.2, 0.25) is 0 Å². The molecule has 194 valence electrons. The van der Waals surface area contributed by atoms with Crippen molar-refractivity contribution in [2.75, 3.05) is 4.90 Å². The van der Waals surface area contributed by atoms with Crippen LogP contribution in [0, 0.1) is 0 Å². The van der Waals surface area contributed by atoms with Gasteiger partial charge in [0.05, 0.1) is 6.54 Å². The number of aromatic amines is 1. The maximum Gasteiger partial charge on any atom is 0.249 e. The minimum Gasteiger partial charge on any atom is -0.344 e. The van der Waals surface area contributed by atoms with E-state index in [4.69, 9.17) is 5.73 Å². The zero-order valence-electron chi connectivity index (χ0n) is 21.4. The van der Waals surface area contributed by atoms with E-state index in [0.717, 1.165) is 27.9 Å². The Hall–Kier alpha value is -4.44. The van der Waals surface area contributed by atoms with Gasteiger partial charge < -0.3 is 16.0 Å². The van der Waals surface area contributed by atoms with Gasteiger partial charge in [-0.15, -0.1) is 10.2 Å². The molecule has 1 atom stereocenters. The summed E-state index contributed by atoms with van der Waals surface area (Å²) in [5.41, 5.74) is 10.7. The number of H-pyrrole nitrogens is 1. The van der Waals surface area contributed by atoms with E-state index in [0.29, 0.717) is 30.9 Å². The summed E-state index contributed by atoms with van der Waals surface area (Å²) < 4.78 is 0. The molecular weight excluding hydrogens is 480 g/mol. The third-order valence-corrected chi connectivity index (χ3v) is 6.47. The lowest BCUT2D eigenvalue weighted by atomic mass is 10.0. The summed E-state index contributed by atoms with van der Waals surface area (Å²) >= 11 is 0. The Bertz CT molecular complexity index is 1430. The molecule has 10 nitrogen and oxygen atoms in total. The molecule has 5 rings (SSSR count). The summed E-state index contributed by atoms with van der Waals surface area (Å²) in [5.74, 6) is 0.0661. The number of anilines is 1. The van der Waals surface area contributed by atoms with Gasteiger partial charge in [0.1, 0.15) is 11.7 Å². The highest BCUT2D eigenvalue weighted by Gasteiger charge is 2.32. The first-order chi connectivity index (χ1) is 18.3. The Kier molecular flexibility index (Phi) is 6.97. The highest BCUT2D eigenvalue weighted by Crippen LogP contribution is 2.31. The molecule has 38 heavy (non-hydrogen) atoms. The van der Waals surface area contributed by atoms with Gasteiger partial charge in [0.2, 0.25) is 17.6 Å². The maximum absolute atomic E-state index is 13.7. The number of amides is 2. The van der Waals surface area contributed by atoms with Crippen molar-refractivity contribution in [3.05, 3.63) is 78.0 Å². The molecule has 2 aromatic heterocycles. The van der Waals surface area contributed by atoms with E-state index in [9.17, 15) is 9.59 Å². The molecule has 4 N–H and O–H groups in total. The SMILES string of the molecule is CC(C)(N)CC(=O)N[C@@H]1CCc2ccccc2N(Cc2ccc(-c3cccnc3-c3nn[nH]n3)cc2)C1=O. The van der Waals surface area contributed by atoms with Crippen molar-refractivity contribution in [2.45, 2.75) is 51.2 Å². The second-order valence-corrected chi connectivity index (χ2v) is 10.2. The van der Waals surface area contributed by atoms with Crippen molar-refractivity contribution in [3.63, 3.8) is 0 Å². The summed E-state index contributed by atoms with van der Waals surface area (Å²) in [6, 6.07) is 19.1. The number of hydrogen-bond donors (Lipinski definition) is 3. The third-order valence-electron chi connectivity index (χ3n) is 6.47. The van der Waals surface area contributed by atoms with Crippen LogP contribution < -0.4 is 16.0 Å². The number of nitrogens with two attached hydrogens (primary N) is 1. The number of carbonyl (C=O) groups is 2. The standard InChI is InChI=1S/C28H30N8O2/c1-28(2,29)16-24(37)31-22-14-13-20-6-3-4-8-23(20)36(27(22)38)17-18-9-11-19(12-10-18)21-7-5-15-30-25(21)26-32-34-35-33-26/h3-12,15,22H,13-14,16-17,29H2,1-2H3,(H,31,37)(H,32,33,34,35)/t22-/m1/s1. The van der Waals surface area contributed by atoms with Gasteiger partial charge in [-0.05, 0) is 60.7 Å². The maximum atomic E-state index is 13.7. The van der Waals surface area contributed by atoms with Crippen molar-refractivity contribution in [2.24, 2.45) is 5.73 Å². The lowest BCUT2D eigenvalue weighted by molar-refractivity contribution is -0.128. The van der Waals surface area contributed by atoms with E-state index < -0.39 is 11.6 Å². The number of nitrogens with zero attached hydrogens (tertiary/aromatic N) is 5. The number of carbonyl (C=O) groups excluding carboxylic acids is 2. The van der Waals surface area contributed by atoms with Gasteiger partial charge in [-0.2, -0.15) is 5.21 Å². The van der Waals surface area contributed by atoms with Gasteiger partial charge in [-0.1, -0.05) is 48.5 Å². The summed E-state index contributed by atoms with van der Waals surface area (Å²) in [5, 5.41) is 17.2. The molecule has 0 radical (unpaired) electrons. The molecule has 0 fully saturated rings. The number of rotatable bonds is 7. The van der Waals surface area contributed by atoms with E-state index >= 15 is 0 Å². The molecule has 10 heteroatoms. The molecule has 1 aliphatic heterocycles. The van der Waals surface area contributed by atoms with Gasteiger partial charge in [0.15, 0.2) is 0 Å². The Balaban J connectivity index is 1.40. The average Bonchev–Trinajstić information content (AvgIpc) is 3.40. The molecule has 2 aromatic carbocycles. The summed E-state index contributed by atoms with van der Waals surface area (Å²) in [6.07, 6.45) is 3.05. The topological polar surface area (TPSA) is 143 Å². The first kappa shape index (κ1) is 25.2. The number of hydrogen-bond acceptors (Lipinski definition) is 7. The Morgan fingerprint density at radius 1 is 1.13 bits per heavy atom. The quantitative estimate of drug-likeness (QED) is 0.347. The number of para-hydroxylation sites is 1. The number of aromatic nitrogens is 5. The van der Waals surface area contributed by atoms with Crippen molar-refractivity contribution < 1.29 is 9.59 Å². The van der Waals surface area contributed by atoms with E-state index in [2.05, 4.69) is 30.9 Å². The Morgan fingerprint density at radius 3 is 2.66 bits per heavy atom. The molecule has 1 aliphatic rings. The molecule has 0 aliphatic carbocycles. The number of nitrogens with one attached hydrogen (secondary N) is 2. The van der Waals surface area contributed by atoms with Crippen LogP contribution in [0.1, 0.15) is 37.8 Å². The number of aryl methyl sites for hydroxylation is 1. The van der Waals surface area contributed by atoms with E-state index in [1.807, 2.05) is 60.7 Å². The fraction of sp³-hybridized carbons (Fsp3) is 0.286. The highest BCUT2D eigenvalue weighted by molar-refractivity contribution is 6.00. The van der Waals surface area contributed by atoms with Crippen LogP contribution in [0.4, 0.5) is 5.69 Å². The first-order valence-electron chi connectivity index (χ1n) is 12.5. The van der Waals surface area contributed by atoms with Crippen LogP contribution in [0.25, 0.3) is 22.6 Å². The van der Waals surface area contributed by atoms with Gasteiger partial charge in [0, 0.05) is 29.4 Å². The normalized spacial score (nSPS) is 15.6. The van der Waals surface area contributed by atoms with E-state index in [-0.39, 0.29) is 18.2 Å². The van der Waals surface area contributed by atoms with Gasteiger partial charge in [-0.25, -0.2) is 0 Å². The molecule has 0 saturated carbocycles. The van der Waals surface area contributed by atoms with Gasteiger partial charge in [0.25, 0.3) is 0 Å². The second-order valence-electron chi connectivity index (χ2n) is 10.2. The zero-order chi connectivity index (χ0) is 26.7. The first-order valence-corrected chi connectivity index (χ1v) is 12.5. The van der Waals surface area contributed by atoms with Crippen LogP contribution in [0.15, 0.2) is 66.9 Å². The number of benzene rings is 2. The Labute approximate surface area is 220 Å². The van der Waals surface area contributed by atoms with Crippen molar-refractivity contribution >= 4 is 17.5 Å². The molecule has 0 unspecified atom stereocenters. The number of pyridine rings is 1. The van der Waals surface area contributed by atoms with Crippen LogP contribution in [-0.2, 0) is 22.6 Å². The lowest BCUT2D eigenvalue weighted by Crippen LogP contribution is -2.49. The molecule has 0 spiro atoms. The molecule has 2 amide bonds. The predicted octanol–water partition coefficient (Wildman–Crippen LogP) is 3.02. The zero-order valence-corrected chi connectivity index (χ0v) is 21.4. The summed E-state index contributed by atoms with van der Waals surface area (Å²) in [6.45, 7) is 3.96. The minimum absolute atomic E-state index is 0.131. The van der Waals surface area contributed by atoms with Gasteiger partial charge >= 0.3 is 0 Å². The van der Waals surface area contributed by atoms with Crippen molar-refractivity contribution in [3.8, 4) is 22.6 Å². The van der Waals surface area contributed by atoms with Crippen molar-refractivity contribution in [1.82, 2.24) is 30.9 Å². The van der Waals surface area contributed by atoms with E-state index in [1.165, 1.54) is 0 Å². The van der Waals surface area contributed by atoms with Gasteiger partial charge in [-0.3, -0.25) is 14.6 Å². The fourth-order valence-electron chi connectivity index (χ4n) is 4.72. The average molecular weight is 511 g/mol. The predicted molar refractivity (Wildman–Crippen MR) is 144 cm³/mol. The van der Waals surface area contributed by atoms with Crippen LogP contribution >= 0.6 is 0 Å². The summed E-state index contributed by atoms with van der Waals surface area (Å²) in [7, 11) is 0. The van der Waals surface area contributed by atoms with Crippen LogP contribution in [-0.4, -0.2) is 49.0 Å². The van der Waals surface area contributed by atoms with Crippen LogP contribution in [0.3, 0.4) is 0 Å². The highest BCUT2D eigenvalue weighted by atomic mass is 16.2. The van der Waals surface area contributed by atoms with E-state index in [1.54, 1.807) is 24.9 Å². The molecule has 4 aromatic rings. The number of tetrazole rings is 1. The smallest absolute Gasteiger partial charge is 0.249 e. The third kappa shape index (κ3) is 5.60. The molecule has 3 heterocycles. The molecule has 0 saturated heterocycles. The Morgan fingerprint density at radius 2 is 1.92 bits per heavy atom. The lowest BCUT2D eigenvalue weighted by Gasteiger charge is -2.27. The fourth-order valence-corrected chi connectivity index (χ4v) is 4.72. The second kappa shape index (κ2) is 10.5. The minimum atomic E-state index is -0.653. The molecule has 0 bridgehead atoms. The number of fused-ring (bicyclic) bond motifs is 1. The summed E-state index contributed by atoms with van der Waals surface area (Å²) in [4.78, 5) is 32.6. The molecular formula is C28H30N8O2. The van der Waals surface area contributed by atoms with Crippen LogP contribution in [0.5, 0.6) is 0 Å². The monoisotopic (exact) mass is 510 g/mol. The van der Waals surface area contributed by atoms with Crippen molar-refractivity contribution in [1.29, 1.82) is 0 Å².